The van der Waals surface area contributed by atoms with Gasteiger partial charge in [0.2, 0.25) is 10.0 Å². The zero-order valence-corrected chi connectivity index (χ0v) is 24.6. The third-order valence-corrected chi connectivity index (χ3v) is 8.77. The van der Waals surface area contributed by atoms with Crippen LogP contribution in [0.1, 0.15) is 95.6 Å². The second-order valence-electron chi connectivity index (χ2n) is 10.5. The number of aliphatic hydroxyl groups is 1. The first kappa shape index (κ1) is 31.8. The molecule has 3 aromatic carbocycles. The second-order valence-corrected chi connectivity index (χ2v) is 12.2. The van der Waals surface area contributed by atoms with Crippen molar-refractivity contribution in [1.82, 2.24) is 4.72 Å². The SMILES string of the molecule is CCCCCCCCCCCCCCOC(=O)[C@H](NS(=O)(=O)c1cccc2ccccc12)[C@@H](O)c1ccccc1. The maximum Gasteiger partial charge on any atom is 0.327 e. The number of esters is 1. The Morgan fingerprint density at radius 2 is 1.30 bits per heavy atom. The molecule has 3 rings (SSSR count). The summed E-state index contributed by atoms with van der Waals surface area (Å²) in [5, 5.41) is 12.4. The molecule has 0 radical (unpaired) electrons. The number of ether oxygens (including phenoxy) is 1. The molecule has 0 saturated carbocycles. The number of sulfonamides is 1. The second kappa shape index (κ2) is 17.2. The highest BCUT2D eigenvalue weighted by Gasteiger charge is 2.34. The van der Waals surface area contributed by atoms with E-state index in [1.807, 2.05) is 18.2 Å². The molecule has 2 N–H and O–H groups in total. The Kier molecular flexibility index (Phi) is 13.6. The average Bonchev–Trinajstić information content (AvgIpc) is 2.98. The van der Waals surface area contributed by atoms with Crippen molar-refractivity contribution in [2.75, 3.05) is 6.61 Å². The fraction of sp³-hybridized carbons (Fsp3) is 0.485. The highest BCUT2D eigenvalue weighted by Crippen LogP contribution is 2.25. The highest BCUT2D eigenvalue weighted by atomic mass is 32.2. The third-order valence-electron chi connectivity index (χ3n) is 7.27. The highest BCUT2D eigenvalue weighted by molar-refractivity contribution is 7.89. The number of carbonyl (C=O) groups is 1. The van der Waals surface area contributed by atoms with Crippen LogP contribution in [-0.4, -0.2) is 32.1 Å². The molecule has 0 aliphatic carbocycles. The van der Waals surface area contributed by atoms with Crippen molar-refractivity contribution in [3.05, 3.63) is 78.4 Å². The lowest BCUT2D eigenvalue weighted by Gasteiger charge is -2.23. The number of aliphatic hydroxyl groups excluding tert-OH is 1. The van der Waals surface area contributed by atoms with Gasteiger partial charge in [-0.25, -0.2) is 8.42 Å². The van der Waals surface area contributed by atoms with Crippen LogP contribution in [0.2, 0.25) is 0 Å². The monoisotopic (exact) mass is 567 g/mol. The van der Waals surface area contributed by atoms with Crippen molar-refractivity contribution in [2.24, 2.45) is 0 Å². The minimum Gasteiger partial charge on any atom is -0.464 e. The first-order valence-electron chi connectivity index (χ1n) is 14.8. The summed E-state index contributed by atoms with van der Waals surface area (Å²) >= 11 is 0. The number of rotatable bonds is 19. The van der Waals surface area contributed by atoms with Crippen molar-refractivity contribution in [2.45, 2.75) is 101 Å². The molecule has 0 unspecified atom stereocenters. The number of benzene rings is 3. The van der Waals surface area contributed by atoms with Gasteiger partial charge in [0.25, 0.3) is 0 Å². The van der Waals surface area contributed by atoms with Gasteiger partial charge in [-0.15, -0.1) is 0 Å². The number of carbonyl (C=O) groups excluding carboxylic acids is 1. The topological polar surface area (TPSA) is 92.7 Å². The number of hydrogen-bond donors (Lipinski definition) is 2. The molecule has 0 saturated heterocycles. The molecule has 40 heavy (non-hydrogen) atoms. The molecule has 6 nitrogen and oxygen atoms in total. The first-order valence-corrected chi connectivity index (χ1v) is 16.3. The van der Waals surface area contributed by atoms with Gasteiger partial charge < -0.3 is 9.84 Å². The van der Waals surface area contributed by atoms with Crippen molar-refractivity contribution in [3.63, 3.8) is 0 Å². The average molecular weight is 568 g/mol. The van der Waals surface area contributed by atoms with E-state index >= 15 is 0 Å². The van der Waals surface area contributed by atoms with Crippen molar-refractivity contribution < 1.29 is 23.1 Å². The summed E-state index contributed by atoms with van der Waals surface area (Å²) in [5.74, 6) is -0.789. The molecule has 0 fully saturated rings. The fourth-order valence-electron chi connectivity index (χ4n) is 4.95. The zero-order chi connectivity index (χ0) is 28.6. The summed E-state index contributed by atoms with van der Waals surface area (Å²) in [7, 11) is -4.15. The Morgan fingerprint density at radius 1 is 0.750 bits per heavy atom. The molecule has 0 bridgehead atoms. The molecule has 0 aromatic heterocycles. The molecule has 218 valence electrons. The van der Waals surface area contributed by atoms with Gasteiger partial charge in [0.05, 0.1) is 11.5 Å². The number of unbranched alkanes of at least 4 members (excludes halogenated alkanes) is 11. The molecule has 0 spiro atoms. The Balaban J connectivity index is 1.53. The van der Waals surface area contributed by atoms with E-state index in [1.165, 1.54) is 63.9 Å². The van der Waals surface area contributed by atoms with Crippen LogP contribution in [0.25, 0.3) is 10.8 Å². The lowest BCUT2D eigenvalue weighted by molar-refractivity contribution is -0.148. The van der Waals surface area contributed by atoms with E-state index in [0.717, 1.165) is 18.2 Å². The smallest absolute Gasteiger partial charge is 0.327 e. The van der Waals surface area contributed by atoms with Crippen LogP contribution in [0, 0.1) is 0 Å². The maximum atomic E-state index is 13.5. The standard InChI is InChI=1S/C33H45NO5S/c1-2-3-4-5-6-7-8-9-10-11-12-18-26-39-33(36)31(32(35)28-21-14-13-15-22-28)34-40(37,38)30-25-19-23-27-20-16-17-24-29(27)30/h13-17,19-25,31-32,34-35H,2-12,18,26H2,1H3/t31-,32+/m1/s1. The molecule has 0 aliphatic rings. The van der Waals surface area contributed by atoms with Crippen LogP contribution in [-0.2, 0) is 19.6 Å². The molecule has 2 atom stereocenters. The molecular formula is C33H45NO5S. The van der Waals surface area contributed by atoms with Crippen molar-refractivity contribution >= 4 is 26.8 Å². The van der Waals surface area contributed by atoms with E-state index in [4.69, 9.17) is 4.74 Å². The first-order chi connectivity index (χ1) is 19.4. The van der Waals surface area contributed by atoms with Crippen LogP contribution in [0.15, 0.2) is 77.7 Å². The van der Waals surface area contributed by atoms with Gasteiger partial charge in [0.1, 0.15) is 12.1 Å². The number of fused-ring (bicyclic) bond motifs is 1. The summed E-state index contributed by atoms with van der Waals surface area (Å²) in [6.45, 7) is 2.42. The van der Waals surface area contributed by atoms with Gasteiger partial charge >= 0.3 is 5.97 Å². The molecule has 3 aromatic rings. The van der Waals surface area contributed by atoms with E-state index in [-0.39, 0.29) is 11.5 Å². The molecule has 0 aliphatic heterocycles. The molecule has 0 amide bonds. The van der Waals surface area contributed by atoms with Crippen LogP contribution >= 0.6 is 0 Å². The van der Waals surface area contributed by atoms with Gasteiger partial charge in [-0.2, -0.15) is 4.72 Å². The van der Waals surface area contributed by atoms with Gasteiger partial charge in [-0.05, 0) is 23.4 Å². The predicted molar refractivity (Wildman–Crippen MR) is 161 cm³/mol. The van der Waals surface area contributed by atoms with Crippen LogP contribution in [0.3, 0.4) is 0 Å². The summed E-state index contributed by atoms with van der Waals surface area (Å²) in [5.41, 5.74) is 0.426. The summed E-state index contributed by atoms with van der Waals surface area (Å²) in [6.07, 6.45) is 12.9. The van der Waals surface area contributed by atoms with Crippen LogP contribution in [0.5, 0.6) is 0 Å². The van der Waals surface area contributed by atoms with Crippen molar-refractivity contribution in [1.29, 1.82) is 0 Å². The maximum absolute atomic E-state index is 13.5. The summed E-state index contributed by atoms with van der Waals surface area (Å²) in [6, 6.07) is 19.2. The zero-order valence-electron chi connectivity index (χ0n) is 23.8. The predicted octanol–water partition coefficient (Wildman–Crippen LogP) is 7.46. The Hall–Kier alpha value is -2.74. The van der Waals surface area contributed by atoms with E-state index in [2.05, 4.69) is 11.6 Å². The van der Waals surface area contributed by atoms with E-state index < -0.39 is 28.1 Å². The minimum atomic E-state index is -4.15. The number of nitrogens with one attached hydrogen (secondary N) is 1. The lowest BCUT2D eigenvalue weighted by Crippen LogP contribution is -2.46. The van der Waals surface area contributed by atoms with Crippen LogP contribution < -0.4 is 4.72 Å². The Labute approximate surface area is 240 Å². The minimum absolute atomic E-state index is 0.0459. The quantitative estimate of drug-likeness (QED) is 0.116. The summed E-state index contributed by atoms with van der Waals surface area (Å²) < 4.78 is 34.8. The molecule has 7 heteroatoms. The van der Waals surface area contributed by atoms with E-state index in [9.17, 15) is 18.3 Å². The van der Waals surface area contributed by atoms with Gasteiger partial charge in [0.15, 0.2) is 0 Å². The van der Waals surface area contributed by atoms with E-state index in [0.29, 0.717) is 17.4 Å². The lowest BCUT2D eigenvalue weighted by atomic mass is 10.0. The van der Waals surface area contributed by atoms with Gasteiger partial charge in [-0.3, -0.25) is 4.79 Å². The van der Waals surface area contributed by atoms with Gasteiger partial charge in [0, 0.05) is 5.39 Å². The third kappa shape index (κ3) is 10.0. The Bertz CT molecular complexity index is 1260. The molecular weight excluding hydrogens is 522 g/mol. The van der Waals surface area contributed by atoms with Gasteiger partial charge in [-0.1, -0.05) is 144 Å². The van der Waals surface area contributed by atoms with Crippen LogP contribution in [0.4, 0.5) is 0 Å². The molecule has 0 heterocycles. The largest absolute Gasteiger partial charge is 0.464 e. The van der Waals surface area contributed by atoms with Crippen molar-refractivity contribution in [3.8, 4) is 0 Å². The normalized spacial score (nSPS) is 13.2. The summed E-state index contributed by atoms with van der Waals surface area (Å²) in [4.78, 5) is 13.2. The Morgan fingerprint density at radius 3 is 1.95 bits per heavy atom. The fourth-order valence-corrected chi connectivity index (χ4v) is 6.37. The van der Waals surface area contributed by atoms with E-state index in [1.54, 1.807) is 48.5 Å². The number of hydrogen-bond acceptors (Lipinski definition) is 5.